The number of hydrogen-bond donors (Lipinski definition) is 1. The number of fused-ring (bicyclic) bond motifs is 3. The number of ketones is 1. The third-order valence-electron chi connectivity index (χ3n) is 12.1. The number of carbonyl (C=O) groups is 4. The fourth-order valence-electron chi connectivity index (χ4n) is 8.81. The largest absolute Gasteiger partial charge is 0.472 e. The first-order chi connectivity index (χ1) is 25.0. The molecule has 5 aliphatic rings. The zero-order valence-electron chi connectivity index (χ0n) is 30.1. The van der Waals surface area contributed by atoms with Crippen LogP contribution in [0.25, 0.3) is 10.8 Å². The van der Waals surface area contributed by atoms with Crippen LogP contribution >= 0.6 is 0 Å². The van der Waals surface area contributed by atoms with Gasteiger partial charge in [-0.2, -0.15) is 0 Å². The number of carbonyl (C=O) groups excluding carboxylic acids is 4. The van der Waals surface area contributed by atoms with Crippen molar-refractivity contribution in [3.63, 3.8) is 0 Å². The Morgan fingerprint density at radius 3 is 2.54 bits per heavy atom. The molecule has 1 aromatic carbocycles. The number of Topliss-reactive ketones (excluding diaryl/α,β-unsaturated/α-hetero) is 1. The summed E-state index contributed by atoms with van der Waals surface area (Å²) in [5, 5.41) is 1.24. The predicted molar refractivity (Wildman–Crippen MR) is 195 cm³/mol. The van der Waals surface area contributed by atoms with Crippen molar-refractivity contribution in [2.75, 3.05) is 6.54 Å². The lowest BCUT2D eigenvalue weighted by atomic mass is 9.77. The standard InChI is InChI=1S/C40H51N3O8S/c1-3-29-22-40(29,39(47)42-52(48,49)31-15-16-31)23-35(44)34-20-30-24-43(34)38(46)33(27-11-5-4-6-12-27)21-36(45)50-25(2)9-7-8-10-26-13-14-28-17-18-41-37(51-30)32(28)19-26/h3,13-14,17-19,25,27,29-31,33-34H,1,4-12,15-16,20-24H2,2H3,(H,42,47)/t25-,29-,30+,33-,34-,40+/m0/s1. The van der Waals surface area contributed by atoms with Gasteiger partial charge in [-0.25, -0.2) is 13.4 Å². The molecule has 7 rings (SSSR count). The number of ether oxygens (including phenoxy) is 2. The minimum Gasteiger partial charge on any atom is -0.472 e. The number of aryl methyl sites for hydroxylation is 1. The lowest BCUT2D eigenvalue weighted by molar-refractivity contribution is -0.155. The first-order valence-electron chi connectivity index (χ1n) is 19.2. The zero-order valence-corrected chi connectivity index (χ0v) is 30.9. The average molecular weight is 734 g/mol. The molecule has 4 bridgehead atoms. The molecule has 3 saturated carbocycles. The second-order valence-corrected chi connectivity index (χ2v) is 17.9. The maximum absolute atomic E-state index is 14.8. The van der Waals surface area contributed by atoms with Crippen LogP contribution in [-0.2, 0) is 40.4 Å². The molecule has 280 valence electrons. The topological polar surface area (TPSA) is 149 Å². The number of allylic oxidation sites excluding steroid dienone is 1. The normalized spacial score (nSPS) is 30.6. The van der Waals surface area contributed by atoms with Gasteiger partial charge in [0.15, 0.2) is 5.78 Å². The third-order valence-corrected chi connectivity index (χ3v) is 13.9. The van der Waals surface area contributed by atoms with Crippen molar-refractivity contribution in [2.24, 2.45) is 23.2 Å². The lowest BCUT2D eigenvalue weighted by Gasteiger charge is -2.34. The summed E-state index contributed by atoms with van der Waals surface area (Å²) >= 11 is 0. The summed E-state index contributed by atoms with van der Waals surface area (Å²) in [7, 11) is -3.83. The average Bonchev–Trinajstić information content (AvgIpc) is 4.06. The van der Waals surface area contributed by atoms with Gasteiger partial charge in [-0.15, -0.1) is 6.58 Å². The summed E-state index contributed by atoms with van der Waals surface area (Å²) in [4.78, 5) is 62.5. The van der Waals surface area contributed by atoms with Crippen molar-refractivity contribution in [1.82, 2.24) is 14.6 Å². The van der Waals surface area contributed by atoms with Gasteiger partial charge in [0, 0.05) is 24.4 Å². The Hall–Kier alpha value is -3.80. The van der Waals surface area contributed by atoms with Crippen LogP contribution in [0.15, 0.2) is 43.1 Å². The van der Waals surface area contributed by atoms with E-state index < -0.39 is 50.6 Å². The highest BCUT2D eigenvalue weighted by Crippen LogP contribution is 2.57. The molecule has 0 spiro atoms. The summed E-state index contributed by atoms with van der Waals surface area (Å²) in [6, 6.07) is 7.23. The van der Waals surface area contributed by atoms with Crippen LogP contribution in [0.2, 0.25) is 0 Å². The molecule has 1 saturated heterocycles. The first-order valence-corrected chi connectivity index (χ1v) is 20.8. The van der Waals surface area contributed by atoms with Gasteiger partial charge < -0.3 is 14.4 Å². The molecule has 3 aliphatic carbocycles. The van der Waals surface area contributed by atoms with Gasteiger partial charge >= 0.3 is 5.97 Å². The van der Waals surface area contributed by atoms with Gasteiger partial charge in [0.1, 0.15) is 6.10 Å². The number of benzene rings is 1. The van der Waals surface area contributed by atoms with Gasteiger partial charge in [-0.1, -0.05) is 37.5 Å². The zero-order chi connectivity index (χ0) is 36.6. The Labute approximate surface area is 306 Å². The van der Waals surface area contributed by atoms with E-state index in [1.54, 1.807) is 17.2 Å². The van der Waals surface area contributed by atoms with Gasteiger partial charge in [0.05, 0.1) is 41.7 Å². The molecule has 6 atom stereocenters. The van der Waals surface area contributed by atoms with Crippen molar-refractivity contribution < 1.29 is 37.1 Å². The molecule has 0 radical (unpaired) electrons. The van der Waals surface area contributed by atoms with E-state index in [9.17, 15) is 27.6 Å². The van der Waals surface area contributed by atoms with E-state index in [1.165, 1.54) is 0 Å². The molecule has 0 unspecified atom stereocenters. The van der Waals surface area contributed by atoms with Crippen LogP contribution in [0.1, 0.15) is 102 Å². The van der Waals surface area contributed by atoms with E-state index in [0.29, 0.717) is 31.6 Å². The van der Waals surface area contributed by atoms with E-state index in [4.69, 9.17) is 9.47 Å². The van der Waals surface area contributed by atoms with Crippen LogP contribution in [-0.4, -0.2) is 71.9 Å². The molecular weight excluding hydrogens is 683 g/mol. The molecule has 12 heteroatoms. The Balaban J connectivity index is 1.21. The van der Waals surface area contributed by atoms with E-state index >= 15 is 0 Å². The summed E-state index contributed by atoms with van der Waals surface area (Å²) in [5.41, 5.74) is -0.118. The number of pyridine rings is 1. The lowest BCUT2D eigenvalue weighted by Crippen LogP contribution is -2.48. The molecule has 2 aliphatic heterocycles. The minimum absolute atomic E-state index is 0.0260. The Bertz CT molecular complexity index is 1840. The highest BCUT2D eigenvalue weighted by molar-refractivity contribution is 7.90. The summed E-state index contributed by atoms with van der Waals surface area (Å²) in [5.74, 6) is -2.33. The van der Waals surface area contributed by atoms with Gasteiger partial charge in [-0.3, -0.25) is 23.9 Å². The number of esters is 1. The summed E-state index contributed by atoms with van der Waals surface area (Å²) in [6.45, 7) is 5.86. The number of rotatable bonds is 8. The van der Waals surface area contributed by atoms with Crippen molar-refractivity contribution >= 4 is 44.4 Å². The predicted octanol–water partition coefficient (Wildman–Crippen LogP) is 5.59. The Morgan fingerprint density at radius 1 is 1.04 bits per heavy atom. The number of cyclic esters (lactones) is 1. The second kappa shape index (κ2) is 14.9. The van der Waals surface area contributed by atoms with Gasteiger partial charge in [0.2, 0.25) is 27.7 Å². The smallest absolute Gasteiger partial charge is 0.306 e. The molecular formula is C40H51N3O8S. The maximum Gasteiger partial charge on any atom is 0.306 e. The van der Waals surface area contributed by atoms with Crippen LogP contribution in [0.4, 0.5) is 0 Å². The van der Waals surface area contributed by atoms with E-state index in [1.807, 2.05) is 19.1 Å². The van der Waals surface area contributed by atoms with E-state index in [0.717, 1.165) is 67.7 Å². The van der Waals surface area contributed by atoms with E-state index in [2.05, 4.69) is 28.4 Å². The molecule has 2 aromatic rings. The monoisotopic (exact) mass is 733 g/mol. The molecule has 4 fully saturated rings. The van der Waals surface area contributed by atoms with Crippen LogP contribution in [0, 0.1) is 23.2 Å². The number of hydrogen-bond acceptors (Lipinski definition) is 9. The third kappa shape index (κ3) is 7.77. The van der Waals surface area contributed by atoms with Crippen LogP contribution in [0.3, 0.4) is 0 Å². The molecule has 52 heavy (non-hydrogen) atoms. The first kappa shape index (κ1) is 36.6. The Kier molecular flexibility index (Phi) is 10.5. The quantitative estimate of drug-likeness (QED) is 0.271. The molecule has 1 aromatic heterocycles. The summed E-state index contributed by atoms with van der Waals surface area (Å²) in [6.07, 6.45) is 11.6. The number of amides is 2. The molecule has 1 N–H and O–H groups in total. The maximum atomic E-state index is 14.8. The van der Waals surface area contributed by atoms with E-state index in [-0.39, 0.29) is 55.4 Å². The van der Waals surface area contributed by atoms with Gasteiger partial charge in [0.25, 0.3) is 0 Å². The molecule has 3 heterocycles. The van der Waals surface area contributed by atoms with Crippen LogP contribution < -0.4 is 9.46 Å². The fraction of sp³-hybridized carbons (Fsp3) is 0.625. The minimum atomic E-state index is -3.83. The van der Waals surface area contributed by atoms with Crippen LogP contribution in [0.5, 0.6) is 5.88 Å². The van der Waals surface area contributed by atoms with Crippen molar-refractivity contribution in [3.05, 3.63) is 48.7 Å². The highest BCUT2D eigenvalue weighted by Gasteiger charge is 2.61. The second-order valence-electron chi connectivity index (χ2n) is 15.9. The summed E-state index contributed by atoms with van der Waals surface area (Å²) < 4.78 is 40.2. The number of sulfonamides is 1. The highest BCUT2D eigenvalue weighted by atomic mass is 32.2. The number of nitrogens with zero attached hydrogens (tertiary/aromatic N) is 2. The number of aromatic nitrogens is 1. The molecule has 2 amide bonds. The van der Waals surface area contributed by atoms with Crippen molar-refractivity contribution in [2.45, 2.75) is 127 Å². The fourth-order valence-corrected chi connectivity index (χ4v) is 10.2. The van der Waals surface area contributed by atoms with Crippen molar-refractivity contribution in [3.8, 4) is 5.88 Å². The number of nitrogens with one attached hydrogen (secondary N) is 1. The SMILES string of the molecule is C=C[C@H]1C[C@]1(CC(=O)[C@@H]1C[C@@H]2CN1C(=O)[C@H](C1CCCCC1)CC(=O)O[C@@H](C)CCCCc1ccc3ccnc(c3c1)O2)C(=O)NS(=O)(=O)C1CC1. The van der Waals surface area contributed by atoms with Crippen molar-refractivity contribution in [1.29, 1.82) is 0 Å². The Morgan fingerprint density at radius 2 is 1.81 bits per heavy atom. The molecule has 11 nitrogen and oxygen atoms in total. The van der Waals surface area contributed by atoms with Gasteiger partial charge in [-0.05, 0) is 99.6 Å².